The van der Waals surface area contributed by atoms with Crippen LogP contribution in [0, 0.1) is 13.8 Å². The van der Waals surface area contributed by atoms with Crippen molar-refractivity contribution in [3.05, 3.63) is 29.2 Å². The number of nitrogens with two attached hydrogens (primary N) is 1. The number of rotatable bonds is 3. The van der Waals surface area contributed by atoms with E-state index in [2.05, 4.69) is 4.98 Å². The van der Waals surface area contributed by atoms with Crippen molar-refractivity contribution in [2.24, 2.45) is 5.73 Å². The Kier molecular flexibility index (Phi) is 7.01. The quantitative estimate of drug-likeness (QED) is 0.707. The molecule has 0 radical (unpaired) electrons. The molecule has 0 aromatic carbocycles. The molecule has 2 aromatic rings. The van der Waals surface area contributed by atoms with E-state index < -0.39 is 12.0 Å². The Balaban J connectivity index is 0.000000172. The van der Waals surface area contributed by atoms with Crippen molar-refractivity contribution in [2.75, 3.05) is 46.0 Å². The highest BCUT2D eigenvalue weighted by atomic mass is 16.5. The summed E-state index contributed by atoms with van der Waals surface area (Å²) in [5.74, 6) is -0.397. The van der Waals surface area contributed by atoms with E-state index in [-0.39, 0.29) is 11.7 Å². The number of aryl methyl sites for hydroxylation is 2. The van der Waals surface area contributed by atoms with E-state index in [4.69, 9.17) is 19.6 Å². The van der Waals surface area contributed by atoms with Crippen molar-refractivity contribution < 1.29 is 28.3 Å². The van der Waals surface area contributed by atoms with E-state index in [1.165, 1.54) is 0 Å². The van der Waals surface area contributed by atoms with E-state index in [1.807, 2.05) is 19.1 Å². The third kappa shape index (κ3) is 4.95. The molecule has 10 nitrogen and oxygen atoms in total. The Hall–Kier alpha value is -2.98. The van der Waals surface area contributed by atoms with Gasteiger partial charge >= 0.3 is 0 Å². The first-order chi connectivity index (χ1) is 14.4. The number of hydrogen-bond donors (Lipinski definition) is 1. The highest BCUT2D eigenvalue weighted by Gasteiger charge is 2.30. The molecule has 2 fully saturated rings. The number of carbonyl (C=O) groups is 3. The molecule has 4 rings (SSSR count). The zero-order valence-corrected chi connectivity index (χ0v) is 17.1. The van der Waals surface area contributed by atoms with Crippen molar-refractivity contribution in [2.45, 2.75) is 20.0 Å². The number of pyridine rings is 1. The molecule has 0 bridgehead atoms. The number of aromatic nitrogens is 1. The Labute approximate surface area is 173 Å². The van der Waals surface area contributed by atoms with Gasteiger partial charge in [0.25, 0.3) is 11.8 Å². The lowest BCUT2D eigenvalue weighted by Gasteiger charge is -2.34. The fourth-order valence-electron chi connectivity index (χ4n) is 3.33. The maximum absolute atomic E-state index is 12.0. The zero-order valence-electron chi connectivity index (χ0n) is 17.1. The molecule has 0 aliphatic carbocycles. The van der Waals surface area contributed by atoms with E-state index >= 15 is 0 Å². The highest BCUT2D eigenvalue weighted by molar-refractivity contribution is 5.97. The van der Waals surface area contributed by atoms with Gasteiger partial charge in [-0.05, 0) is 26.0 Å². The van der Waals surface area contributed by atoms with Gasteiger partial charge in [-0.25, -0.2) is 4.98 Å². The molecule has 2 aromatic heterocycles. The normalized spacial score (nSPS) is 19.2. The smallest absolute Gasteiger partial charge is 0.284 e. The Morgan fingerprint density at radius 2 is 1.90 bits per heavy atom. The maximum atomic E-state index is 12.0. The lowest BCUT2D eigenvalue weighted by Crippen LogP contribution is -2.53. The van der Waals surface area contributed by atoms with Crippen LogP contribution in [0.5, 0.6) is 0 Å². The van der Waals surface area contributed by atoms with E-state index in [9.17, 15) is 14.4 Å². The van der Waals surface area contributed by atoms with Gasteiger partial charge in [0.1, 0.15) is 0 Å². The van der Waals surface area contributed by atoms with Gasteiger partial charge in [0.15, 0.2) is 11.9 Å². The lowest BCUT2D eigenvalue weighted by molar-refractivity contribution is -0.154. The first kappa shape index (κ1) is 21.7. The number of nitrogens with zero attached hydrogens (tertiary/aromatic N) is 3. The summed E-state index contributed by atoms with van der Waals surface area (Å²) in [5.41, 5.74) is 7.22. The predicted molar refractivity (Wildman–Crippen MR) is 107 cm³/mol. The van der Waals surface area contributed by atoms with Crippen molar-refractivity contribution in [3.63, 3.8) is 0 Å². The van der Waals surface area contributed by atoms with Crippen LogP contribution in [0.15, 0.2) is 16.5 Å². The SMILES string of the molecule is Cc1ccc2c(C)c(C(N)=O)oc2n1.O=CN1CCOC(C(=O)N2CCOCC2)C1. The average Bonchev–Trinajstić information content (AvgIpc) is 3.10. The van der Waals surface area contributed by atoms with Crippen LogP contribution in [0.1, 0.15) is 21.8 Å². The fourth-order valence-corrected chi connectivity index (χ4v) is 3.33. The lowest BCUT2D eigenvalue weighted by atomic mass is 10.2. The molecular weight excluding hydrogens is 392 g/mol. The minimum atomic E-state index is -0.557. The number of furan rings is 1. The molecule has 0 saturated carbocycles. The van der Waals surface area contributed by atoms with Crippen LogP contribution in [0.3, 0.4) is 0 Å². The molecule has 2 aliphatic heterocycles. The van der Waals surface area contributed by atoms with Gasteiger partial charge in [-0.15, -0.1) is 0 Å². The maximum Gasteiger partial charge on any atom is 0.284 e. The second kappa shape index (κ2) is 9.68. The number of hydrogen-bond acceptors (Lipinski definition) is 7. The minimum absolute atomic E-state index is 0.0325. The van der Waals surface area contributed by atoms with Crippen molar-refractivity contribution in [1.29, 1.82) is 0 Å². The summed E-state index contributed by atoms with van der Waals surface area (Å²) >= 11 is 0. The van der Waals surface area contributed by atoms with Crippen LogP contribution >= 0.6 is 0 Å². The van der Waals surface area contributed by atoms with Crippen molar-refractivity contribution in [3.8, 4) is 0 Å². The van der Waals surface area contributed by atoms with Gasteiger partial charge in [-0.1, -0.05) is 0 Å². The summed E-state index contributed by atoms with van der Waals surface area (Å²) in [4.78, 5) is 41.1. The molecule has 1 atom stereocenters. The van der Waals surface area contributed by atoms with E-state index in [0.717, 1.165) is 23.1 Å². The van der Waals surface area contributed by atoms with Gasteiger partial charge < -0.3 is 29.4 Å². The van der Waals surface area contributed by atoms with Crippen molar-refractivity contribution >= 4 is 29.3 Å². The molecule has 3 amide bonds. The number of primary amides is 1. The number of fused-ring (bicyclic) bond motifs is 1. The van der Waals surface area contributed by atoms with Gasteiger partial charge in [0.05, 0.1) is 26.4 Å². The molecule has 30 heavy (non-hydrogen) atoms. The van der Waals surface area contributed by atoms with Gasteiger partial charge in [0, 0.05) is 36.3 Å². The Bertz CT molecular complexity index is 921. The molecule has 2 saturated heterocycles. The summed E-state index contributed by atoms with van der Waals surface area (Å²) in [6.45, 7) is 7.39. The van der Waals surface area contributed by atoms with Crippen LogP contribution in [0.25, 0.3) is 11.1 Å². The van der Waals surface area contributed by atoms with Crippen LogP contribution in [-0.4, -0.2) is 85.1 Å². The summed E-state index contributed by atoms with van der Waals surface area (Å²) in [6.07, 6.45) is 0.263. The fraction of sp³-hybridized carbons (Fsp3) is 0.500. The summed E-state index contributed by atoms with van der Waals surface area (Å²) in [7, 11) is 0. The number of morpholine rings is 2. The standard InChI is InChI=1S/C10H16N2O4.C10H10N2O2/c13-8-11-1-6-16-9(7-11)10(14)12-2-4-15-5-3-12;1-5-3-4-7-6(2)8(9(11)13)14-10(7)12-5/h8-9H,1-7H2;3-4H,1-2H3,(H2,11,13). The van der Waals surface area contributed by atoms with E-state index in [0.29, 0.717) is 51.7 Å². The molecule has 2 aliphatic rings. The topological polar surface area (TPSA) is 128 Å². The largest absolute Gasteiger partial charge is 0.432 e. The number of carbonyl (C=O) groups excluding carboxylic acids is 3. The van der Waals surface area contributed by atoms with Crippen LogP contribution in [0.2, 0.25) is 0 Å². The summed E-state index contributed by atoms with van der Waals surface area (Å²) in [5, 5.41) is 0.837. The molecule has 2 N–H and O–H groups in total. The average molecular weight is 418 g/mol. The molecule has 10 heteroatoms. The zero-order chi connectivity index (χ0) is 21.7. The molecule has 4 heterocycles. The Morgan fingerprint density at radius 3 is 2.57 bits per heavy atom. The first-order valence-electron chi connectivity index (χ1n) is 9.74. The number of ether oxygens (including phenoxy) is 2. The van der Waals surface area contributed by atoms with Gasteiger partial charge in [0.2, 0.25) is 12.1 Å². The highest BCUT2D eigenvalue weighted by Crippen LogP contribution is 2.23. The molecular formula is C20H26N4O6. The van der Waals surface area contributed by atoms with Crippen LogP contribution < -0.4 is 5.73 Å². The Morgan fingerprint density at radius 1 is 1.17 bits per heavy atom. The van der Waals surface area contributed by atoms with Crippen molar-refractivity contribution in [1.82, 2.24) is 14.8 Å². The van der Waals surface area contributed by atoms with Crippen LogP contribution in [-0.2, 0) is 19.1 Å². The number of amides is 3. The second-order valence-electron chi connectivity index (χ2n) is 7.12. The first-order valence-corrected chi connectivity index (χ1v) is 9.74. The molecule has 1 unspecified atom stereocenters. The van der Waals surface area contributed by atoms with E-state index in [1.54, 1.807) is 16.7 Å². The monoisotopic (exact) mass is 418 g/mol. The summed E-state index contributed by atoms with van der Waals surface area (Å²) in [6, 6.07) is 3.75. The summed E-state index contributed by atoms with van der Waals surface area (Å²) < 4.78 is 15.8. The third-order valence-electron chi connectivity index (χ3n) is 5.01. The van der Waals surface area contributed by atoms with Gasteiger partial charge in [-0.3, -0.25) is 14.4 Å². The van der Waals surface area contributed by atoms with Crippen LogP contribution in [0.4, 0.5) is 0 Å². The second-order valence-corrected chi connectivity index (χ2v) is 7.12. The molecule has 0 spiro atoms. The third-order valence-corrected chi connectivity index (χ3v) is 5.01. The molecule has 162 valence electrons. The predicted octanol–water partition coefficient (Wildman–Crippen LogP) is 0.246. The van der Waals surface area contributed by atoms with Gasteiger partial charge in [-0.2, -0.15) is 0 Å². The minimum Gasteiger partial charge on any atom is -0.432 e.